The number of carbonyl (C=O) groups excluding carboxylic acids is 1. The maximum atomic E-state index is 11.8. The molecule has 0 saturated carbocycles. The van der Waals surface area contributed by atoms with Crippen LogP contribution < -0.4 is 5.32 Å². The molecule has 0 aliphatic rings. The summed E-state index contributed by atoms with van der Waals surface area (Å²) in [5, 5.41) is 11.4. The molecule has 0 aliphatic heterocycles. The van der Waals surface area contributed by atoms with E-state index < -0.39 is 11.7 Å². The topological polar surface area (TPSA) is 83.8 Å². The zero-order chi connectivity index (χ0) is 15.2. The Morgan fingerprint density at radius 2 is 2.30 bits per heavy atom. The maximum Gasteiger partial charge on any atom is 0.413 e. The summed E-state index contributed by atoms with van der Waals surface area (Å²) in [7, 11) is 0. The summed E-state index contributed by atoms with van der Waals surface area (Å²) >= 11 is 0. The monoisotopic (exact) mass is 279 g/mol. The Hall–Kier alpha value is -1.95. The third-order valence-electron chi connectivity index (χ3n) is 2.32. The van der Waals surface area contributed by atoms with Gasteiger partial charge in [-0.2, -0.15) is 0 Å². The smallest absolute Gasteiger partial charge is 0.413 e. The number of rotatable bonds is 4. The number of ether oxygens (including phenoxy) is 1. The van der Waals surface area contributed by atoms with E-state index in [0.717, 1.165) is 5.56 Å². The highest BCUT2D eigenvalue weighted by molar-refractivity contribution is 5.84. The Morgan fingerprint density at radius 3 is 2.90 bits per heavy atom. The fraction of sp³-hybridized carbons (Fsp3) is 0.500. The lowest BCUT2D eigenvalue weighted by Gasteiger charge is -2.20. The molecule has 0 aromatic carbocycles. The Balaban J connectivity index is 2.85. The van der Waals surface area contributed by atoms with Crippen LogP contribution in [-0.2, 0) is 4.74 Å². The second-order valence-electron chi connectivity index (χ2n) is 5.26. The molecule has 1 rings (SSSR count). The Kier molecular flexibility index (Phi) is 5.64. The molecule has 6 nitrogen and oxygen atoms in total. The van der Waals surface area contributed by atoms with Crippen molar-refractivity contribution in [3.8, 4) is 0 Å². The van der Waals surface area contributed by atoms with Crippen LogP contribution in [0.25, 0.3) is 0 Å². The largest absolute Gasteiger partial charge is 0.444 e. The quantitative estimate of drug-likeness (QED) is 0.830. The molecule has 6 heteroatoms. The van der Waals surface area contributed by atoms with Gasteiger partial charge in [0.05, 0.1) is 12.6 Å². The number of aliphatic hydroxyl groups excluding tert-OH is 1. The number of aliphatic hydroxyl groups is 1. The molecule has 1 unspecified atom stereocenters. The van der Waals surface area contributed by atoms with Crippen LogP contribution >= 0.6 is 0 Å². The molecule has 0 aliphatic carbocycles. The zero-order valence-corrected chi connectivity index (χ0v) is 12.3. The first-order valence-electron chi connectivity index (χ1n) is 6.41. The van der Waals surface area contributed by atoms with Crippen LogP contribution in [0.3, 0.4) is 0 Å². The van der Waals surface area contributed by atoms with E-state index in [1.807, 2.05) is 13.0 Å². The predicted octanol–water partition coefficient (Wildman–Crippen LogP) is 2.55. The summed E-state index contributed by atoms with van der Waals surface area (Å²) in [6.45, 7) is 7.10. The van der Waals surface area contributed by atoms with Gasteiger partial charge in [0.1, 0.15) is 11.4 Å². The van der Waals surface area contributed by atoms with Gasteiger partial charge in [0, 0.05) is 18.0 Å². The summed E-state index contributed by atoms with van der Waals surface area (Å²) in [5.74, 6) is 0.407. The molecule has 2 N–H and O–H groups in total. The van der Waals surface area contributed by atoms with Crippen molar-refractivity contribution in [1.82, 2.24) is 4.98 Å². The van der Waals surface area contributed by atoms with Crippen LogP contribution in [0.1, 0.15) is 39.3 Å². The SMILES string of the molecule is CC(N=CCO)c1cccnc1NC(=O)OC(C)(C)C. The number of amides is 1. The number of aliphatic imine (C=N–C) groups is 1. The van der Waals surface area contributed by atoms with Crippen molar-refractivity contribution in [2.45, 2.75) is 39.3 Å². The van der Waals surface area contributed by atoms with Crippen molar-refractivity contribution < 1.29 is 14.6 Å². The Bertz CT molecular complexity index is 481. The second kappa shape index (κ2) is 7.00. The van der Waals surface area contributed by atoms with E-state index in [0.29, 0.717) is 5.82 Å². The molecule has 0 fully saturated rings. The predicted molar refractivity (Wildman–Crippen MR) is 78.1 cm³/mol. The van der Waals surface area contributed by atoms with Gasteiger partial charge in [-0.3, -0.25) is 10.3 Å². The minimum atomic E-state index is -0.570. The second-order valence-corrected chi connectivity index (χ2v) is 5.26. The highest BCUT2D eigenvalue weighted by atomic mass is 16.6. The molecular weight excluding hydrogens is 258 g/mol. The average Bonchev–Trinajstić information content (AvgIpc) is 2.34. The van der Waals surface area contributed by atoms with E-state index in [1.165, 1.54) is 6.21 Å². The van der Waals surface area contributed by atoms with Crippen molar-refractivity contribution in [2.24, 2.45) is 4.99 Å². The van der Waals surface area contributed by atoms with E-state index in [1.54, 1.807) is 33.0 Å². The summed E-state index contributed by atoms with van der Waals surface area (Å²) in [4.78, 5) is 20.0. The summed E-state index contributed by atoms with van der Waals surface area (Å²) in [6.07, 6.45) is 2.43. The fourth-order valence-corrected chi connectivity index (χ4v) is 1.55. The Labute approximate surface area is 118 Å². The van der Waals surface area contributed by atoms with Crippen molar-refractivity contribution >= 4 is 18.1 Å². The van der Waals surface area contributed by atoms with Crippen LogP contribution in [0.2, 0.25) is 0 Å². The molecule has 110 valence electrons. The lowest BCUT2D eigenvalue weighted by Crippen LogP contribution is -2.27. The number of aromatic nitrogens is 1. The van der Waals surface area contributed by atoms with Gasteiger partial charge in [0.25, 0.3) is 0 Å². The van der Waals surface area contributed by atoms with Gasteiger partial charge in [0.15, 0.2) is 0 Å². The Morgan fingerprint density at radius 1 is 1.60 bits per heavy atom. The molecule has 1 atom stereocenters. The van der Waals surface area contributed by atoms with Gasteiger partial charge < -0.3 is 9.84 Å². The van der Waals surface area contributed by atoms with Crippen molar-refractivity contribution in [1.29, 1.82) is 0 Å². The first-order chi connectivity index (χ1) is 9.33. The van der Waals surface area contributed by atoms with Crippen LogP contribution in [0.5, 0.6) is 0 Å². The molecule has 1 aromatic heterocycles. The number of carbonyl (C=O) groups is 1. The van der Waals surface area contributed by atoms with Crippen LogP contribution in [0, 0.1) is 0 Å². The standard InChI is InChI=1S/C14H21N3O3/c1-10(15-8-9-18)11-6-5-7-16-12(11)17-13(19)20-14(2,3)4/h5-8,10,18H,9H2,1-4H3,(H,16,17,19). The highest BCUT2D eigenvalue weighted by Gasteiger charge is 2.18. The molecule has 20 heavy (non-hydrogen) atoms. The first-order valence-corrected chi connectivity index (χ1v) is 6.41. The summed E-state index contributed by atoms with van der Waals surface area (Å²) in [6, 6.07) is 3.36. The highest BCUT2D eigenvalue weighted by Crippen LogP contribution is 2.23. The minimum absolute atomic E-state index is 0.126. The molecule has 0 bridgehead atoms. The van der Waals surface area contributed by atoms with Gasteiger partial charge in [-0.25, -0.2) is 9.78 Å². The molecule has 0 spiro atoms. The fourth-order valence-electron chi connectivity index (χ4n) is 1.55. The van der Waals surface area contributed by atoms with Gasteiger partial charge in [-0.1, -0.05) is 6.07 Å². The molecular formula is C14H21N3O3. The molecule has 1 heterocycles. The van der Waals surface area contributed by atoms with E-state index in [4.69, 9.17) is 9.84 Å². The van der Waals surface area contributed by atoms with Gasteiger partial charge in [-0.05, 0) is 33.8 Å². The van der Waals surface area contributed by atoms with Gasteiger partial charge in [0.2, 0.25) is 0 Å². The number of nitrogens with zero attached hydrogens (tertiary/aromatic N) is 2. The number of anilines is 1. The maximum absolute atomic E-state index is 11.8. The number of nitrogens with one attached hydrogen (secondary N) is 1. The summed E-state index contributed by atoms with van der Waals surface area (Å²) < 4.78 is 5.19. The molecule has 0 saturated heterocycles. The third-order valence-corrected chi connectivity index (χ3v) is 2.32. The van der Waals surface area contributed by atoms with E-state index in [-0.39, 0.29) is 12.6 Å². The van der Waals surface area contributed by atoms with E-state index >= 15 is 0 Å². The van der Waals surface area contributed by atoms with Crippen LogP contribution in [0.4, 0.5) is 10.6 Å². The minimum Gasteiger partial charge on any atom is -0.444 e. The zero-order valence-electron chi connectivity index (χ0n) is 12.3. The number of hydrogen-bond donors (Lipinski definition) is 2. The van der Waals surface area contributed by atoms with Crippen molar-refractivity contribution in [3.63, 3.8) is 0 Å². The molecule has 1 aromatic rings. The van der Waals surface area contributed by atoms with E-state index in [2.05, 4.69) is 15.3 Å². The average molecular weight is 279 g/mol. The normalized spacial score (nSPS) is 13.2. The third kappa shape index (κ3) is 5.36. The van der Waals surface area contributed by atoms with Crippen molar-refractivity contribution in [3.05, 3.63) is 23.9 Å². The molecule has 0 radical (unpaired) electrons. The number of hydrogen-bond acceptors (Lipinski definition) is 5. The summed E-state index contributed by atoms with van der Waals surface area (Å²) in [5.41, 5.74) is 0.183. The van der Waals surface area contributed by atoms with E-state index in [9.17, 15) is 4.79 Å². The van der Waals surface area contributed by atoms with Crippen molar-refractivity contribution in [2.75, 3.05) is 11.9 Å². The van der Waals surface area contributed by atoms with Crippen LogP contribution in [-0.4, -0.2) is 34.6 Å². The lowest BCUT2D eigenvalue weighted by atomic mass is 10.1. The first kappa shape index (κ1) is 16.1. The van der Waals surface area contributed by atoms with Gasteiger partial charge >= 0.3 is 6.09 Å². The molecule has 1 amide bonds. The number of pyridine rings is 1. The van der Waals surface area contributed by atoms with Crippen LogP contribution in [0.15, 0.2) is 23.3 Å². The van der Waals surface area contributed by atoms with Gasteiger partial charge in [-0.15, -0.1) is 0 Å². The lowest BCUT2D eigenvalue weighted by molar-refractivity contribution is 0.0635.